The number of piperidine rings is 1. The van der Waals surface area contributed by atoms with Gasteiger partial charge in [-0.25, -0.2) is 8.42 Å². The second-order valence-corrected chi connectivity index (χ2v) is 8.88. The van der Waals surface area contributed by atoms with Gasteiger partial charge in [0.1, 0.15) is 11.6 Å². The summed E-state index contributed by atoms with van der Waals surface area (Å²) in [5, 5.41) is 12.2. The van der Waals surface area contributed by atoms with Crippen LogP contribution in [0.1, 0.15) is 18.4 Å². The van der Waals surface area contributed by atoms with Crippen molar-refractivity contribution in [2.45, 2.75) is 23.3 Å². The number of benzene rings is 2. The van der Waals surface area contributed by atoms with Gasteiger partial charge < -0.3 is 10.2 Å². The van der Waals surface area contributed by atoms with Crippen LogP contribution in [0.2, 0.25) is 0 Å². The first-order valence-corrected chi connectivity index (χ1v) is 10.5. The molecule has 8 heteroatoms. The van der Waals surface area contributed by atoms with Crippen molar-refractivity contribution in [3.8, 4) is 6.07 Å². The molecule has 0 aromatic heterocycles. The predicted octanol–water partition coefficient (Wildman–Crippen LogP) is 1.68. The van der Waals surface area contributed by atoms with Crippen molar-refractivity contribution in [2.75, 3.05) is 24.7 Å². The summed E-state index contributed by atoms with van der Waals surface area (Å²) in [6.45, 7) is 0.852. The lowest BCUT2D eigenvalue weighted by Gasteiger charge is -2.42. The molecule has 2 aliphatic heterocycles. The van der Waals surface area contributed by atoms with Gasteiger partial charge in [0.2, 0.25) is 15.9 Å². The van der Waals surface area contributed by atoms with Crippen LogP contribution in [0, 0.1) is 11.3 Å². The van der Waals surface area contributed by atoms with E-state index in [9.17, 15) is 18.5 Å². The van der Waals surface area contributed by atoms with Crippen molar-refractivity contribution in [1.82, 2.24) is 9.62 Å². The lowest BCUT2D eigenvalue weighted by atomic mass is 9.86. The summed E-state index contributed by atoms with van der Waals surface area (Å²) in [6.07, 6.45) is 0.781. The van der Waals surface area contributed by atoms with Crippen LogP contribution in [0.25, 0.3) is 0 Å². The van der Waals surface area contributed by atoms with E-state index < -0.39 is 15.6 Å². The molecular formula is C20H20N4O3S. The van der Waals surface area contributed by atoms with E-state index in [0.717, 1.165) is 5.69 Å². The molecule has 0 unspecified atom stereocenters. The van der Waals surface area contributed by atoms with Crippen LogP contribution in [0.3, 0.4) is 0 Å². The van der Waals surface area contributed by atoms with E-state index >= 15 is 0 Å². The molecule has 0 radical (unpaired) electrons. The topological polar surface area (TPSA) is 93.5 Å². The van der Waals surface area contributed by atoms with Crippen LogP contribution >= 0.6 is 0 Å². The number of hydrogen-bond acceptors (Lipinski definition) is 5. The minimum absolute atomic E-state index is 0.0178. The molecule has 2 aromatic carbocycles. The average molecular weight is 396 g/mol. The van der Waals surface area contributed by atoms with Crippen LogP contribution in [0.15, 0.2) is 59.5 Å². The number of nitriles is 1. The molecule has 1 N–H and O–H groups in total. The molecular weight excluding hydrogens is 376 g/mol. The third-order valence-corrected chi connectivity index (χ3v) is 7.54. The van der Waals surface area contributed by atoms with Crippen molar-refractivity contribution < 1.29 is 13.2 Å². The summed E-state index contributed by atoms with van der Waals surface area (Å²) in [6, 6.07) is 17.8. The standard InChI is InChI=1S/C20H20N4O3S/c21-14-16-6-4-5-9-18(16)28(26,27)23-12-10-20(11-13-23)19(25)22-15-24(20)17-7-2-1-3-8-17/h1-9H,10-13,15H2,(H,22,25). The van der Waals surface area contributed by atoms with E-state index in [1.54, 1.807) is 12.1 Å². The maximum Gasteiger partial charge on any atom is 0.247 e. The summed E-state index contributed by atoms with van der Waals surface area (Å²) in [7, 11) is -3.79. The lowest BCUT2D eigenvalue weighted by Crippen LogP contribution is -2.57. The van der Waals surface area contributed by atoms with Gasteiger partial charge in [0.15, 0.2) is 0 Å². The first kappa shape index (κ1) is 18.5. The smallest absolute Gasteiger partial charge is 0.247 e. The van der Waals surface area contributed by atoms with Crippen LogP contribution in [0.5, 0.6) is 0 Å². The maximum absolute atomic E-state index is 13.1. The SMILES string of the molecule is N#Cc1ccccc1S(=O)(=O)N1CCC2(CC1)C(=O)NCN2c1ccccc1. The van der Waals surface area contributed by atoms with E-state index in [1.807, 2.05) is 41.3 Å². The molecule has 1 spiro atoms. The number of carbonyl (C=O) groups excluding carboxylic acids is 1. The van der Waals surface area contributed by atoms with Crippen molar-refractivity contribution in [3.05, 3.63) is 60.2 Å². The van der Waals surface area contributed by atoms with Crippen molar-refractivity contribution >= 4 is 21.6 Å². The number of carbonyl (C=O) groups is 1. The second kappa shape index (κ2) is 6.93. The number of sulfonamides is 1. The Labute approximate surface area is 164 Å². The summed E-state index contributed by atoms with van der Waals surface area (Å²) >= 11 is 0. The van der Waals surface area contributed by atoms with E-state index in [4.69, 9.17) is 0 Å². The molecule has 28 heavy (non-hydrogen) atoms. The Morgan fingerprint density at radius 1 is 1.00 bits per heavy atom. The van der Waals surface area contributed by atoms with Gasteiger partial charge in [-0.3, -0.25) is 4.79 Å². The van der Waals surface area contributed by atoms with Crippen molar-refractivity contribution in [2.24, 2.45) is 0 Å². The Kier molecular flexibility index (Phi) is 4.57. The fourth-order valence-corrected chi connectivity index (χ4v) is 5.64. The summed E-state index contributed by atoms with van der Waals surface area (Å²) < 4.78 is 27.5. The van der Waals surface area contributed by atoms with E-state index in [0.29, 0.717) is 19.5 Å². The van der Waals surface area contributed by atoms with E-state index in [2.05, 4.69) is 5.32 Å². The van der Waals surface area contributed by atoms with Crippen LogP contribution in [0.4, 0.5) is 5.69 Å². The number of nitrogens with zero attached hydrogens (tertiary/aromatic N) is 3. The number of nitrogens with one attached hydrogen (secondary N) is 1. The number of amides is 1. The molecule has 1 amide bonds. The minimum atomic E-state index is -3.79. The number of rotatable bonds is 3. The minimum Gasteiger partial charge on any atom is -0.339 e. The summed E-state index contributed by atoms with van der Waals surface area (Å²) in [5.41, 5.74) is 0.321. The van der Waals surface area contributed by atoms with Gasteiger partial charge in [0.25, 0.3) is 0 Å². The van der Waals surface area contributed by atoms with Gasteiger partial charge in [-0.05, 0) is 37.1 Å². The molecule has 2 aromatic rings. The Hall–Kier alpha value is -2.89. The summed E-state index contributed by atoms with van der Waals surface area (Å²) in [4.78, 5) is 14.7. The lowest BCUT2D eigenvalue weighted by molar-refractivity contribution is -0.124. The highest BCUT2D eigenvalue weighted by Crippen LogP contribution is 2.37. The first-order chi connectivity index (χ1) is 13.5. The zero-order valence-corrected chi connectivity index (χ0v) is 16.0. The molecule has 0 atom stereocenters. The average Bonchev–Trinajstić information content (AvgIpc) is 3.04. The first-order valence-electron chi connectivity index (χ1n) is 9.09. The van der Waals surface area contributed by atoms with Gasteiger partial charge in [-0.2, -0.15) is 9.57 Å². The number of anilines is 1. The Balaban J connectivity index is 1.60. The highest BCUT2D eigenvalue weighted by molar-refractivity contribution is 7.89. The highest BCUT2D eigenvalue weighted by Gasteiger charge is 2.51. The molecule has 2 heterocycles. The molecule has 0 aliphatic carbocycles. The molecule has 0 bridgehead atoms. The fraction of sp³-hybridized carbons (Fsp3) is 0.300. The predicted molar refractivity (Wildman–Crippen MR) is 104 cm³/mol. The van der Waals surface area contributed by atoms with E-state index in [-0.39, 0.29) is 29.5 Å². The number of para-hydroxylation sites is 1. The third kappa shape index (κ3) is 2.84. The molecule has 0 saturated carbocycles. The fourth-order valence-electron chi connectivity index (χ4n) is 4.05. The molecule has 2 aliphatic rings. The van der Waals surface area contributed by atoms with Gasteiger partial charge in [0, 0.05) is 18.8 Å². The van der Waals surface area contributed by atoms with Crippen molar-refractivity contribution in [1.29, 1.82) is 5.26 Å². The van der Waals surface area contributed by atoms with Gasteiger partial charge >= 0.3 is 0 Å². The third-order valence-electron chi connectivity index (χ3n) is 5.58. The monoisotopic (exact) mass is 396 g/mol. The highest BCUT2D eigenvalue weighted by atomic mass is 32.2. The maximum atomic E-state index is 13.1. The zero-order valence-electron chi connectivity index (χ0n) is 15.2. The quantitative estimate of drug-likeness (QED) is 0.852. The Morgan fingerprint density at radius 3 is 2.32 bits per heavy atom. The molecule has 2 saturated heterocycles. The Morgan fingerprint density at radius 2 is 1.64 bits per heavy atom. The second-order valence-electron chi connectivity index (χ2n) is 6.97. The van der Waals surface area contributed by atoms with E-state index in [1.165, 1.54) is 16.4 Å². The van der Waals surface area contributed by atoms with Gasteiger partial charge in [-0.15, -0.1) is 0 Å². The largest absolute Gasteiger partial charge is 0.339 e. The van der Waals surface area contributed by atoms with Crippen LogP contribution < -0.4 is 10.2 Å². The van der Waals surface area contributed by atoms with Crippen molar-refractivity contribution in [3.63, 3.8) is 0 Å². The Bertz CT molecular complexity index is 1040. The summed E-state index contributed by atoms with van der Waals surface area (Å²) in [5.74, 6) is -0.0640. The molecule has 7 nitrogen and oxygen atoms in total. The molecule has 144 valence electrons. The van der Waals surface area contributed by atoms with Crippen LogP contribution in [-0.2, 0) is 14.8 Å². The normalized spacial score (nSPS) is 19.4. The number of hydrogen-bond donors (Lipinski definition) is 1. The van der Waals surface area contributed by atoms with Gasteiger partial charge in [0.05, 0.1) is 17.1 Å². The van der Waals surface area contributed by atoms with Gasteiger partial charge in [-0.1, -0.05) is 30.3 Å². The van der Waals surface area contributed by atoms with Crippen LogP contribution in [-0.4, -0.2) is 43.9 Å². The molecule has 4 rings (SSSR count). The molecule has 2 fully saturated rings. The zero-order chi connectivity index (χ0) is 19.8.